The van der Waals surface area contributed by atoms with Crippen LogP contribution in [0, 0.1) is 17.9 Å². The van der Waals surface area contributed by atoms with Crippen molar-refractivity contribution in [2.24, 2.45) is 5.41 Å². The Labute approximate surface area is 86.6 Å². The van der Waals surface area contributed by atoms with Gasteiger partial charge in [-0.1, -0.05) is 19.3 Å². The molecule has 0 N–H and O–H groups in total. The van der Waals surface area contributed by atoms with E-state index in [1.165, 1.54) is 12.8 Å². The monoisotopic (exact) mass is 204 g/mol. The molecule has 0 radical (unpaired) electrons. The van der Waals surface area contributed by atoms with Crippen LogP contribution in [-0.4, -0.2) is 0 Å². The van der Waals surface area contributed by atoms with Crippen LogP contribution in [0.1, 0.15) is 33.1 Å². The molecule has 0 aliphatic heterocycles. The first kappa shape index (κ1) is 12.0. The van der Waals surface area contributed by atoms with E-state index in [1.807, 2.05) is 12.2 Å². The van der Waals surface area contributed by atoms with Crippen molar-refractivity contribution in [3.05, 3.63) is 30.7 Å². The molecule has 0 aromatic carbocycles. The molecule has 0 bridgehead atoms. The molecule has 0 aromatic heterocycles. The third kappa shape index (κ3) is 4.79. The van der Waals surface area contributed by atoms with Gasteiger partial charge in [-0.25, -0.2) is 12.2 Å². The average molecular weight is 204 g/mol. The average Bonchev–Trinajstić information content (AvgIpc) is 2.39. The van der Waals surface area contributed by atoms with Gasteiger partial charge in [-0.3, -0.25) is 6.08 Å². The Balaban J connectivity index is 0.000000189. The van der Waals surface area contributed by atoms with Crippen LogP contribution in [-0.2, 0) is 17.1 Å². The summed E-state index contributed by atoms with van der Waals surface area (Å²) < 4.78 is 0. The minimum atomic E-state index is 0. The van der Waals surface area contributed by atoms with Gasteiger partial charge < -0.3 is 6.42 Å². The van der Waals surface area contributed by atoms with Crippen LogP contribution in [0.3, 0.4) is 0 Å². The zero-order valence-electron chi connectivity index (χ0n) is 7.78. The number of hydrogen-bond acceptors (Lipinski definition) is 0. The van der Waals surface area contributed by atoms with Crippen molar-refractivity contribution in [1.82, 2.24) is 0 Å². The van der Waals surface area contributed by atoms with Gasteiger partial charge in [-0.2, -0.15) is 18.9 Å². The van der Waals surface area contributed by atoms with Crippen molar-refractivity contribution in [3.63, 3.8) is 0 Å². The molecule has 0 aromatic rings. The van der Waals surface area contributed by atoms with E-state index in [0.717, 1.165) is 6.42 Å². The van der Waals surface area contributed by atoms with Gasteiger partial charge in [0.05, 0.1) is 0 Å². The topological polar surface area (TPSA) is 0 Å². The summed E-state index contributed by atoms with van der Waals surface area (Å²) in [5.41, 5.74) is 0.667. The molecule has 2 aliphatic rings. The Bertz CT molecular complexity index is 150. The quantitative estimate of drug-likeness (QED) is 0.419. The fraction of sp³-hybridized carbons (Fsp3) is 0.545. The van der Waals surface area contributed by atoms with Crippen molar-refractivity contribution >= 4 is 0 Å². The van der Waals surface area contributed by atoms with E-state index < -0.39 is 0 Å². The molecule has 0 heterocycles. The van der Waals surface area contributed by atoms with Crippen molar-refractivity contribution in [2.45, 2.75) is 33.1 Å². The molecule has 1 fully saturated rings. The summed E-state index contributed by atoms with van der Waals surface area (Å²) in [6, 6.07) is 0. The van der Waals surface area contributed by atoms with E-state index in [1.54, 1.807) is 0 Å². The Morgan fingerprint density at radius 1 is 1.33 bits per heavy atom. The Morgan fingerprint density at radius 3 is 2.00 bits per heavy atom. The van der Waals surface area contributed by atoms with Gasteiger partial charge in [-0.05, 0) is 0 Å². The van der Waals surface area contributed by atoms with Gasteiger partial charge in [0, 0.05) is 0 Å². The van der Waals surface area contributed by atoms with Crippen LogP contribution in [0.5, 0.6) is 0 Å². The number of hydrogen-bond donors (Lipinski definition) is 0. The predicted molar refractivity (Wildman–Crippen MR) is 48.9 cm³/mol. The van der Waals surface area contributed by atoms with E-state index >= 15 is 0 Å². The minimum absolute atomic E-state index is 0. The molecule has 0 nitrogen and oxygen atoms in total. The molecular weight excluding hydrogens is 188 g/mol. The van der Waals surface area contributed by atoms with Crippen molar-refractivity contribution in [1.29, 1.82) is 0 Å². The SMILES string of the molecule is CC1(C)C[CH-]C1.[C-]1=CC=CC1.[Fe+2]. The van der Waals surface area contributed by atoms with E-state index in [9.17, 15) is 0 Å². The molecule has 0 amide bonds. The first-order valence-electron chi connectivity index (χ1n) is 4.24. The first-order chi connectivity index (χ1) is 5.21. The molecule has 2 rings (SSSR count). The fourth-order valence-electron chi connectivity index (χ4n) is 1.06. The van der Waals surface area contributed by atoms with Crippen LogP contribution in [0.25, 0.3) is 0 Å². The number of allylic oxidation sites excluding steroid dienone is 4. The molecule has 1 saturated carbocycles. The maximum Gasteiger partial charge on any atom is 2.00 e. The molecule has 12 heavy (non-hydrogen) atoms. The van der Waals surface area contributed by atoms with Gasteiger partial charge in [0.15, 0.2) is 0 Å². The van der Waals surface area contributed by atoms with Gasteiger partial charge in [-0.15, -0.1) is 6.42 Å². The molecule has 2 aliphatic carbocycles. The molecule has 0 saturated heterocycles. The Kier molecular flexibility index (Phi) is 5.61. The Morgan fingerprint density at radius 2 is 1.92 bits per heavy atom. The Hall–Kier alpha value is -0.000519. The summed E-state index contributed by atoms with van der Waals surface area (Å²) in [4.78, 5) is 0. The van der Waals surface area contributed by atoms with Gasteiger partial charge in [0.2, 0.25) is 0 Å². The number of rotatable bonds is 0. The normalized spacial score (nSPS) is 21.8. The standard InChI is InChI=1S/C6H11.C5H5.Fe/c1-6(2)4-3-5-6;1-2-4-5-3-1;/h3H,4-5H2,1-2H3;1-3H,4H2;/q2*-1;+2. The largest absolute Gasteiger partial charge is 2.00 e. The minimum Gasteiger partial charge on any atom is -0.328 e. The van der Waals surface area contributed by atoms with Crippen LogP contribution < -0.4 is 0 Å². The first-order valence-corrected chi connectivity index (χ1v) is 4.24. The third-order valence-corrected chi connectivity index (χ3v) is 1.98. The summed E-state index contributed by atoms with van der Waals surface area (Å²) in [6.07, 6.45) is 15.0. The molecule has 68 valence electrons. The van der Waals surface area contributed by atoms with Gasteiger partial charge in [0.1, 0.15) is 0 Å². The zero-order chi connectivity index (χ0) is 8.16. The second-order valence-corrected chi connectivity index (χ2v) is 3.86. The van der Waals surface area contributed by atoms with Crippen LogP contribution in [0.4, 0.5) is 0 Å². The summed E-state index contributed by atoms with van der Waals surface area (Å²) in [5.74, 6) is 0. The van der Waals surface area contributed by atoms with E-state index in [0.29, 0.717) is 5.41 Å². The summed E-state index contributed by atoms with van der Waals surface area (Å²) in [5, 5.41) is 0. The van der Waals surface area contributed by atoms with Crippen molar-refractivity contribution in [3.8, 4) is 0 Å². The van der Waals surface area contributed by atoms with Gasteiger partial charge >= 0.3 is 17.1 Å². The van der Waals surface area contributed by atoms with E-state index in [2.05, 4.69) is 32.4 Å². The summed E-state index contributed by atoms with van der Waals surface area (Å²) >= 11 is 0. The molecule has 0 unspecified atom stereocenters. The second-order valence-electron chi connectivity index (χ2n) is 3.86. The summed E-state index contributed by atoms with van der Waals surface area (Å²) in [6.45, 7) is 4.60. The molecule has 0 atom stereocenters. The van der Waals surface area contributed by atoms with E-state index in [-0.39, 0.29) is 17.1 Å². The maximum atomic E-state index is 2.99. The molecular formula is C11H16Fe. The predicted octanol–water partition coefficient (Wildman–Crippen LogP) is 3.31. The van der Waals surface area contributed by atoms with Crippen molar-refractivity contribution < 1.29 is 17.1 Å². The second kappa shape index (κ2) is 5.61. The van der Waals surface area contributed by atoms with Crippen LogP contribution >= 0.6 is 0 Å². The summed E-state index contributed by atoms with van der Waals surface area (Å²) in [7, 11) is 0. The maximum absolute atomic E-state index is 2.99. The molecule has 1 heteroatoms. The molecule has 0 spiro atoms. The zero-order valence-corrected chi connectivity index (χ0v) is 8.89. The van der Waals surface area contributed by atoms with Gasteiger partial charge in [0.25, 0.3) is 0 Å². The van der Waals surface area contributed by atoms with Crippen LogP contribution in [0.2, 0.25) is 0 Å². The third-order valence-electron chi connectivity index (χ3n) is 1.98. The van der Waals surface area contributed by atoms with Crippen LogP contribution in [0.15, 0.2) is 18.2 Å². The van der Waals surface area contributed by atoms with E-state index in [4.69, 9.17) is 0 Å². The van der Waals surface area contributed by atoms with Crippen molar-refractivity contribution in [2.75, 3.05) is 0 Å². The smallest absolute Gasteiger partial charge is 0.328 e. The fourth-order valence-corrected chi connectivity index (χ4v) is 1.06.